The number of aromatic nitrogens is 1. The van der Waals surface area contributed by atoms with Crippen LogP contribution in [0.5, 0.6) is 11.5 Å². The Morgan fingerprint density at radius 3 is 2.92 bits per heavy atom. The molecule has 0 spiro atoms. The molecule has 0 radical (unpaired) electrons. The molecule has 0 bridgehead atoms. The first-order valence-corrected chi connectivity index (χ1v) is 8.47. The maximum absolute atomic E-state index is 12.6. The third-order valence-electron chi connectivity index (χ3n) is 4.10. The number of hydrogen-bond acceptors (Lipinski definition) is 6. The summed E-state index contributed by atoms with van der Waals surface area (Å²) in [6.45, 7) is 4.67. The van der Waals surface area contributed by atoms with Gasteiger partial charge in [0, 0.05) is 36.6 Å². The maximum Gasteiger partial charge on any atom is 0.273 e. The molecular weight excluding hydrogens is 385 g/mol. The molecule has 2 aliphatic heterocycles. The summed E-state index contributed by atoms with van der Waals surface area (Å²) in [5.74, 6) is 1.47. The number of carbonyl (C=O) groups is 1. The van der Waals surface area contributed by atoms with Crippen LogP contribution in [0.15, 0.2) is 23.6 Å². The van der Waals surface area contributed by atoms with Crippen LogP contribution in [-0.2, 0) is 0 Å². The molecule has 1 aromatic heterocycles. The van der Waals surface area contributed by atoms with E-state index in [1.165, 1.54) is 11.3 Å². The number of nitrogens with zero attached hydrogens (tertiary/aromatic N) is 2. The molecule has 9 heteroatoms. The van der Waals surface area contributed by atoms with Crippen LogP contribution in [0.4, 0.5) is 0 Å². The SMILES string of the molecule is C[C@@H]1CNCCN1C(=O)c1csc(-c2ccc3c(c2)OCO3)n1.Cl.Cl. The van der Waals surface area contributed by atoms with Gasteiger partial charge in [-0.15, -0.1) is 36.2 Å². The van der Waals surface area contributed by atoms with E-state index in [4.69, 9.17) is 9.47 Å². The monoisotopic (exact) mass is 403 g/mol. The van der Waals surface area contributed by atoms with Gasteiger partial charge in [-0.1, -0.05) is 0 Å². The van der Waals surface area contributed by atoms with Crippen LogP contribution >= 0.6 is 36.2 Å². The summed E-state index contributed by atoms with van der Waals surface area (Å²) in [4.78, 5) is 19.0. The second-order valence-electron chi connectivity index (χ2n) is 5.66. The van der Waals surface area contributed by atoms with E-state index < -0.39 is 0 Å². The first-order valence-electron chi connectivity index (χ1n) is 7.59. The lowest BCUT2D eigenvalue weighted by molar-refractivity contribution is 0.0650. The maximum atomic E-state index is 12.6. The fourth-order valence-corrected chi connectivity index (χ4v) is 3.61. The lowest BCUT2D eigenvalue weighted by atomic mass is 10.2. The van der Waals surface area contributed by atoms with E-state index in [9.17, 15) is 4.79 Å². The highest BCUT2D eigenvalue weighted by Gasteiger charge is 2.26. The van der Waals surface area contributed by atoms with Crippen molar-refractivity contribution in [3.8, 4) is 22.1 Å². The van der Waals surface area contributed by atoms with Crippen molar-refractivity contribution < 1.29 is 14.3 Å². The van der Waals surface area contributed by atoms with Crippen LogP contribution in [0.25, 0.3) is 10.6 Å². The fourth-order valence-electron chi connectivity index (χ4n) is 2.82. The minimum Gasteiger partial charge on any atom is -0.454 e. The van der Waals surface area contributed by atoms with Crippen molar-refractivity contribution in [1.82, 2.24) is 15.2 Å². The average Bonchev–Trinajstić information content (AvgIpc) is 3.23. The first-order chi connectivity index (χ1) is 11.2. The molecule has 2 aliphatic rings. The molecule has 1 fully saturated rings. The number of hydrogen-bond donors (Lipinski definition) is 1. The third-order valence-corrected chi connectivity index (χ3v) is 5.00. The van der Waals surface area contributed by atoms with Gasteiger partial charge in [0.2, 0.25) is 6.79 Å². The van der Waals surface area contributed by atoms with Crippen molar-refractivity contribution in [2.45, 2.75) is 13.0 Å². The highest BCUT2D eigenvalue weighted by Crippen LogP contribution is 2.36. The largest absolute Gasteiger partial charge is 0.454 e. The van der Waals surface area contributed by atoms with Crippen LogP contribution in [0, 0.1) is 0 Å². The number of piperazine rings is 1. The number of benzene rings is 1. The Hall–Kier alpha value is -1.54. The molecule has 136 valence electrons. The highest BCUT2D eigenvalue weighted by atomic mass is 35.5. The zero-order valence-electron chi connectivity index (χ0n) is 13.6. The van der Waals surface area contributed by atoms with Crippen molar-refractivity contribution in [2.75, 3.05) is 26.4 Å². The van der Waals surface area contributed by atoms with Crippen molar-refractivity contribution in [3.63, 3.8) is 0 Å². The second-order valence-corrected chi connectivity index (χ2v) is 6.52. The molecule has 0 aliphatic carbocycles. The quantitative estimate of drug-likeness (QED) is 0.834. The molecule has 1 saturated heterocycles. The summed E-state index contributed by atoms with van der Waals surface area (Å²) in [5.41, 5.74) is 1.45. The third kappa shape index (κ3) is 3.84. The Labute approximate surface area is 162 Å². The summed E-state index contributed by atoms with van der Waals surface area (Å²) in [6.07, 6.45) is 0. The number of nitrogens with one attached hydrogen (secondary N) is 1. The van der Waals surface area contributed by atoms with Gasteiger partial charge in [0.1, 0.15) is 10.7 Å². The summed E-state index contributed by atoms with van der Waals surface area (Å²) >= 11 is 1.47. The lowest BCUT2D eigenvalue weighted by Crippen LogP contribution is -2.52. The number of fused-ring (bicyclic) bond motifs is 1. The van der Waals surface area contributed by atoms with E-state index in [0.29, 0.717) is 5.69 Å². The normalized spacial score (nSPS) is 18.3. The zero-order valence-corrected chi connectivity index (χ0v) is 16.0. The zero-order chi connectivity index (χ0) is 15.8. The summed E-state index contributed by atoms with van der Waals surface area (Å²) < 4.78 is 10.7. The van der Waals surface area contributed by atoms with Gasteiger partial charge in [-0.3, -0.25) is 4.79 Å². The number of halogens is 2. The fraction of sp³-hybridized carbons (Fsp3) is 0.375. The summed E-state index contributed by atoms with van der Waals surface area (Å²) in [6, 6.07) is 5.91. The first kappa shape index (κ1) is 19.8. The Balaban J connectivity index is 0.00000113. The standard InChI is InChI=1S/C16H17N3O3S.2ClH/c1-10-7-17-4-5-19(10)16(20)12-8-23-15(18-12)11-2-3-13-14(6-11)22-9-21-13;;/h2-3,6,8,10,17H,4-5,7,9H2,1H3;2*1H/t10-;;/m1../s1. The molecular formula is C16H19Cl2N3O3S. The minimum atomic E-state index is 0. The van der Waals surface area contributed by atoms with E-state index in [1.54, 1.807) is 0 Å². The number of amides is 1. The molecule has 1 atom stereocenters. The highest BCUT2D eigenvalue weighted by molar-refractivity contribution is 7.13. The average molecular weight is 404 g/mol. The van der Waals surface area contributed by atoms with Gasteiger partial charge in [0.05, 0.1) is 0 Å². The molecule has 1 aromatic carbocycles. The molecule has 25 heavy (non-hydrogen) atoms. The van der Waals surface area contributed by atoms with E-state index >= 15 is 0 Å². The smallest absolute Gasteiger partial charge is 0.273 e. The predicted molar refractivity (Wildman–Crippen MR) is 102 cm³/mol. The van der Waals surface area contributed by atoms with Crippen molar-refractivity contribution in [1.29, 1.82) is 0 Å². The number of ether oxygens (including phenoxy) is 2. The van der Waals surface area contributed by atoms with E-state index in [2.05, 4.69) is 17.2 Å². The van der Waals surface area contributed by atoms with Crippen LogP contribution in [-0.4, -0.2) is 48.3 Å². The topological polar surface area (TPSA) is 63.7 Å². The lowest BCUT2D eigenvalue weighted by Gasteiger charge is -2.33. The van der Waals surface area contributed by atoms with Gasteiger partial charge in [-0.05, 0) is 25.1 Å². The molecule has 0 unspecified atom stereocenters. The minimum absolute atomic E-state index is 0. The van der Waals surface area contributed by atoms with Gasteiger partial charge in [-0.25, -0.2) is 4.98 Å². The molecule has 1 N–H and O–H groups in total. The Morgan fingerprint density at radius 2 is 2.12 bits per heavy atom. The Bertz CT molecular complexity index is 756. The van der Waals surface area contributed by atoms with Crippen LogP contribution in [0.1, 0.15) is 17.4 Å². The van der Waals surface area contributed by atoms with Crippen LogP contribution in [0.2, 0.25) is 0 Å². The van der Waals surface area contributed by atoms with Gasteiger partial charge in [0.15, 0.2) is 11.5 Å². The van der Waals surface area contributed by atoms with Gasteiger partial charge >= 0.3 is 0 Å². The number of rotatable bonds is 2. The van der Waals surface area contributed by atoms with Crippen molar-refractivity contribution in [2.24, 2.45) is 0 Å². The molecule has 2 aromatic rings. The molecule has 6 nitrogen and oxygen atoms in total. The second kappa shape index (κ2) is 8.23. The van der Waals surface area contributed by atoms with Crippen LogP contribution < -0.4 is 14.8 Å². The molecule has 1 amide bonds. The predicted octanol–water partition coefficient (Wildman–Crippen LogP) is 2.82. The summed E-state index contributed by atoms with van der Waals surface area (Å²) in [5, 5.41) is 5.93. The molecule has 0 saturated carbocycles. The summed E-state index contributed by atoms with van der Waals surface area (Å²) in [7, 11) is 0. The Morgan fingerprint density at radius 1 is 1.32 bits per heavy atom. The van der Waals surface area contributed by atoms with Crippen molar-refractivity contribution >= 4 is 42.1 Å². The van der Waals surface area contributed by atoms with E-state index in [1.807, 2.05) is 28.5 Å². The molecule has 4 rings (SSSR count). The van der Waals surface area contributed by atoms with E-state index in [-0.39, 0.29) is 43.6 Å². The van der Waals surface area contributed by atoms with Crippen molar-refractivity contribution in [3.05, 3.63) is 29.3 Å². The Kier molecular flexibility index (Phi) is 6.51. The number of carbonyl (C=O) groups excluding carboxylic acids is 1. The van der Waals surface area contributed by atoms with E-state index in [0.717, 1.165) is 41.7 Å². The van der Waals surface area contributed by atoms with Gasteiger partial charge in [-0.2, -0.15) is 0 Å². The molecule has 3 heterocycles. The van der Waals surface area contributed by atoms with Gasteiger partial charge in [0.25, 0.3) is 5.91 Å². The van der Waals surface area contributed by atoms with Gasteiger partial charge < -0.3 is 19.7 Å². The number of thiazole rings is 1. The van der Waals surface area contributed by atoms with Crippen LogP contribution in [0.3, 0.4) is 0 Å².